The van der Waals surface area contributed by atoms with E-state index in [1.807, 2.05) is 38.1 Å². The number of rotatable bonds is 7. The van der Waals surface area contributed by atoms with E-state index in [-0.39, 0.29) is 17.7 Å². The molecule has 0 radical (unpaired) electrons. The molecule has 2 aliphatic carbocycles. The average molecular weight is 478 g/mol. The number of halogens is 1. The van der Waals surface area contributed by atoms with Gasteiger partial charge in [0, 0.05) is 35.9 Å². The summed E-state index contributed by atoms with van der Waals surface area (Å²) in [5.74, 6) is 1.08. The van der Waals surface area contributed by atoms with Crippen molar-refractivity contribution < 1.29 is 9.59 Å². The van der Waals surface area contributed by atoms with E-state index in [0.717, 1.165) is 29.7 Å². The van der Waals surface area contributed by atoms with E-state index < -0.39 is 6.04 Å². The highest BCUT2D eigenvalue weighted by Crippen LogP contribution is 2.55. The van der Waals surface area contributed by atoms with Gasteiger partial charge < -0.3 is 10.6 Å². The molecule has 34 heavy (non-hydrogen) atoms. The number of amides is 2. The van der Waals surface area contributed by atoms with Gasteiger partial charge >= 0.3 is 0 Å². The van der Waals surface area contributed by atoms with Gasteiger partial charge in [-0.1, -0.05) is 23.7 Å². The van der Waals surface area contributed by atoms with Gasteiger partial charge in [0.15, 0.2) is 0 Å². The molecule has 176 valence electrons. The van der Waals surface area contributed by atoms with Crippen LogP contribution in [0.4, 0.5) is 5.69 Å². The van der Waals surface area contributed by atoms with Gasteiger partial charge in [-0.05, 0) is 80.7 Å². The number of aryl methyl sites for hydroxylation is 2. The molecular formula is C26H28ClN5O2. The Morgan fingerprint density at radius 1 is 1.09 bits per heavy atom. The van der Waals surface area contributed by atoms with Gasteiger partial charge in [-0.15, -0.1) is 0 Å². The first-order valence-electron chi connectivity index (χ1n) is 11.8. The minimum atomic E-state index is -0.588. The number of anilines is 1. The molecule has 8 heteroatoms. The van der Waals surface area contributed by atoms with Crippen LogP contribution in [0.5, 0.6) is 0 Å². The molecule has 0 bridgehead atoms. The Balaban J connectivity index is 1.33. The van der Waals surface area contributed by atoms with Crippen molar-refractivity contribution in [2.45, 2.75) is 45.7 Å². The first-order valence-corrected chi connectivity index (χ1v) is 12.2. The summed E-state index contributed by atoms with van der Waals surface area (Å²) in [4.78, 5) is 30.7. The Morgan fingerprint density at radius 2 is 1.82 bits per heavy atom. The quantitative estimate of drug-likeness (QED) is 0.515. The van der Waals surface area contributed by atoms with Crippen LogP contribution in [0.2, 0.25) is 5.02 Å². The van der Waals surface area contributed by atoms with Crippen LogP contribution in [0, 0.1) is 24.7 Å². The Bertz CT molecular complexity index is 1190. The van der Waals surface area contributed by atoms with Crippen molar-refractivity contribution in [1.82, 2.24) is 20.1 Å². The Hall–Kier alpha value is -3.19. The number of pyridine rings is 1. The maximum Gasteiger partial charge on any atom is 0.270 e. The van der Waals surface area contributed by atoms with E-state index in [4.69, 9.17) is 11.6 Å². The fourth-order valence-corrected chi connectivity index (χ4v) is 5.55. The number of carbonyl (C=O) groups is 2. The van der Waals surface area contributed by atoms with Crippen LogP contribution < -0.4 is 10.6 Å². The monoisotopic (exact) mass is 477 g/mol. The van der Waals surface area contributed by atoms with Crippen molar-refractivity contribution >= 4 is 29.1 Å². The zero-order valence-electron chi connectivity index (χ0n) is 19.3. The Kier molecular flexibility index (Phi) is 6.13. The Morgan fingerprint density at radius 3 is 2.50 bits per heavy atom. The first-order chi connectivity index (χ1) is 16.4. The molecule has 0 saturated heterocycles. The van der Waals surface area contributed by atoms with Crippen LogP contribution in [-0.4, -0.2) is 32.6 Å². The van der Waals surface area contributed by atoms with Gasteiger partial charge in [0.25, 0.3) is 5.91 Å². The number of carbonyl (C=O) groups excluding carboxylic acids is 2. The zero-order chi connectivity index (χ0) is 23.8. The molecule has 1 aromatic carbocycles. The predicted octanol–water partition coefficient (Wildman–Crippen LogP) is 4.71. The lowest BCUT2D eigenvalue weighted by Gasteiger charge is -2.25. The van der Waals surface area contributed by atoms with Gasteiger partial charge in [0.05, 0.1) is 5.02 Å². The standard InChI is InChI=1S/C26H28ClN5O2/c1-3-32-22(9-11-29-32)25(33)31-24(19-13-17-12-18(17)14-19)26(34)30-20-6-4-16(5-7-20)23-15(2)28-10-8-21(23)27/h4-11,17-19,24H,3,12-14H2,1-2H3,(H,30,34)(H,31,33)/t17-,18+,19?,24?. The second-order valence-corrected chi connectivity index (χ2v) is 9.70. The average Bonchev–Trinajstić information content (AvgIpc) is 3.21. The smallest absolute Gasteiger partial charge is 0.270 e. The maximum atomic E-state index is 13.4. The molecule has 2 saturated carbocycles. The van der Waals surface area contributed by atoms with Gasteiger partial charge in [-0.25, -0.2) is 0 Å². The lowest BCUT2D eigenvalue weighted by molar-refractivity contribution is -0.119. The van der Waals surface area contributed by atoms with Crippen LogP contribution in [0.1, 0.15) is 42.4 Å². The van der Waals surface area contributed by atoms with Crippen molar-refractivity contribution in [2.75, 3.05) is 5.32 Å². The molecule has 2 fully saturated rings. The molecule has 2 unspecified atom stereocenters. The summed E-state index contributed by atoms with van der Waals surface area (Å²) in [7, 11) is 0. The molecule has 2 amide bonds. The summed E-state index contributed by atoms with van der Waals surface area (Å²) in [5, 5.41) is 10.8. The summed E-state index contributed by atoms with van der Waals surface area (Å²) in [5.41, 5.74) is 3.80. The number of nitrogens with zero attached hydrogens (tertiary/aromatic N) is 3. The summed E-state index contributed by atoms with van der Waals surface area (Å²) in [6, 6.07) is 10.4. The van der Waals surface area contributed by atoms with Crippen molar-refractivity contribution in [1.29, 1.82) is 0 Å². The molecule has 0 aliphatic heterocycles. The molecule has 2 N–H and O–H groups in total. The molecular weight excluding hydrogens is 450 g/mol. The van der Waals surface area contributed by atoms with E-state index in [9.17, 15) is 9.59 Å². The maximum absolute atomic E-state index is 13.4. The van der Waals surface area contributed by atoms with Crippen molar-refractivity contribution in [3.8, 4) is 11.1 Å². The van der Waals surface area contributed by atoms with Crippen LogP contribution >= 0.6 is 11.6 Å². The van der Waals surface area contributed by atoms with Gasteiger partial charge in [0.1, 0.15) is 11.7 Å². The minimum Gasteiger partial charge on any atom is -0.339 e. The van der Waals surface area contributed by atoms with Crippen LogP contribution in [0.25, 0.3) is 11.1 Å². The topological polar surface area (TPSA) is 88.9 Å². The van der Waals surface area contributed by atoms with E-state index >= 15 is 0 Å². The van der Waals surface area contributed by atoms with Crippen LogP contribution in [-0.2, 0) is 11.3 Å². The number of fused-ring (bicyclic) bond motifs is 1. The van der Waals surface area contributed by atoms with Crippen molar-refractivity contribution in [2.24, 2.45) is 17.8 Å². The summed E-state index contributed by atoms with van der Waals surface area (Å²) >= 11 is 6.37. The second kappa shape index (κ2) is 9.22. The first kappa shape index (κ1) is 22.6. The number of hydrogen-bond acceptors (Lipinski definition) is 4. The number of hydrogen-bond donors (Lipinski definition) is 2. The van der Waals surface area contributed by atoms with E-state index in [2.05, 4.69) is 20.7 Å². The highest BCUT2D eigenvalue weighted by molar-refractivity contribution is 6.33. The molecule has 2 aromatic heterocycles. The second-order valence-electron chi connectivity index (χ2n) is 9.29. The van der Waals surface area contributed by atoms with E-state index in [1.165, 1.54) is 6.42 Å². The minimum absolute atomic E-state index is 0.141. The van der Waals surface area contributed by atoms with E-state index in [0.29, 0.717) is 34.8 Å². The largest absolute Gasteiger partial charge is 0.339 e. The number of benzene rings is 1. The highest BCUT2D eigenvalue weighted by atomic mass is 35.5. The van der Waals surface area contributed by atoms with Crippen LogP contribution in [0.15, 0.2) is 48.8 Å². The fourth-order valence-electron chi connectivity index (χ4n) is 5.25. The number of nitrogens with one attached hydrogen (secondary N) is 2. The number of aromatic nitrogens is 3. The summed E-state index contributed by atoms with van der Waals surface area (Å²) in [6.07, 6.45) is 6.50. The van der Waals surface area contributed by atoms with Crippen molar-refractivity contribution in [3.05, 3.63) is 65.2 Å². The summed E-state index contributed by atoms with van der Waals surface area (Å²) < 4.78 is 1.64. The molecule has 2 heterocycles. The SMILES string of the molecule is CCn1nccc1C(=O)NC(C(=O)Nc1ccc(-c2c(Cl)ccnc2C)cc1)C1C[C@@H]2C[C@@H]2C1. The zero-order valence-corrected chi connectivity index (χ0v) is 20.0. The highest BCUT2D eigenvalue weighted by Gasteiger charge is 2.49. The third kappa shape index (κ3) is 4.44. The third-order valence-corrected chi connectivity index (χ3v) is 7.41. The molecule has 5 rings (SSSR count). The van der Waals surface area contributed by atoms with Gasteiger partial charge in [-0.2, -0.15) is 5.10 Å². The lowest BCUT2D eigenvalue weighted by Crippen LogP contribution is -2.48. The predicted molar refractivity (Wildman–Crippen MR) is 132 cm³/mol. The molecule has 0 spiro atoms. The summed E-state index contributed by atoms with van der Waals surface area (Å²) in [6.45, 7) is 4.44. The van der Waals surface area contributed by atoms with Crippen LogP contribution in [0.3, 0.4) is 0 Å². The van der Waals surface area contributed by atoms with Gasteiger partial charge in [0.2, 0.25) is 5.91 Å². The van der Waals surface area contributed by atoms with Crippen molar-refractivity contribution in [3.63, 3.8) is 0 Å². The van der Waals surface area contributed by atoms with E-state index in [1.54, 1.807) is 29.2 Å². The Labute approximate surface area is 203 Å². The molecule has 4 atom stereocenters. The molecule has 3 aromatic rings. The normalized spacial score (nSPS) is 21.6. The third-order valence-electron chi connectivity index (χ3n) is 7.10. The van der Waals surface area contributed by atoms with Gasteiger partial charge in [-0.3, -0.25) is 19.3 Å². The molecule has 2 aliphatic rings. The lowest BCUT2D eigenvalue weighted by atomic mass is 9.93. The fraction of sp³-hybridized carbons (Fsp3) is 0.385. The molecule has 7 nitrogen and oxygen atoms in total.